The van der Waals surface area contributed by atoms with Crippen LogP contribution in [0.3, 0.4) is 0 Å². The fraction of sp³-hybridized carbons (Fsp3) is 0.280. The summed E-state index contributed by atoms with van der Waals surface area (Å²) in [6.45, 7) is 6.28. The minimum Gasteiger partial charge on any atom is -0.490 e. The van der Waals surface area contributed by atoms with E-state index in [1.165, 1.54) is 6.08 Å². The highest BCUT2D eigenvalue weighted by atomic mass is 32.2. The van der Waals surface area contributed by atoms with Gasteiger partial charge in [-0.3, -0.25) is 10.1 Å². The van der Waals surface area contributed by atoms with Crippen LogP contribution in [0.5, 0.6) is 11.5 Å². The van der Waals surface area contributed by atoms with E-state index >= 15 is 0 Å². The number of carbonyl (C=O) groups is 1. The maximum absolute atomic E-state index is 12.5. The molecule has 9 nitrogen and oxygen atoms in total. The monoisotopic (exact) mass is 526 g/mol. The third-order valence-electron chi connectivity index (χ3n) is 4.63. The molecule has 0 aliphatic heterocycles. The molecule has 0 bridgehead atoms. The van der Waals surface area contributed by atoms with Gasteiger partial charge < -0.3 is 9.47 Å². The van der Waals surface area contributed by atoms with E-state index < -0.39 is 15.7 Å². The summed E-state index contributed by atoms with van der Waals surface area (Å²) in [5.74, 6) is 0.499. The Morgan fingerprint density at radius 3 is 2.47 bits per heavy atom. The van der Waals surface area contributed by atoms with Crippen molar-refractivity contribution in [3.63, 3.8) is 0 Å². The minimum absolute atomic E-state index is 0.000103. The Labute approximate surface area is 214 Å². The van der Waals surface area contributed by atoms with Crippen LogP contribution in [-0.2, 0) is 14.6 Å². The number of aryl methyl sites for hydroxylation is 1. The van der Waals surface area contributed by atoms with Crippen molar-refractivity contribution in [2.75, 3.05) is 24.3 Å². The van der Waals surface area contributed by atoms with E-state index in [0.29, 0.717) is 24.5 Å². The van der Waals surface area contributed by atoms with Crippen molar-refractivity contribution in [2.45, 2.75) is 25.9 Å². The molecule has 0 unspecified atom stereocenters. The molecule has 0 saturated heterocycles. The van der Waals surface area contributed by atoms with Crippen LogP contribution in [0.2, 0.25) is 0 Å². The van der Waals surface area contributed by atoms with Crippen LogP contribution in [0.4, 0.5) is 5.13 Å². The molecule has 0 atom stereocenters. The fourth-order valence-electron chi connectivity index (χ4n) is 3.06. The van der Waals surface area contributed by atoms with Crippen LogP contribution >= 0.6 is 11.5 Å². The van der Waals surface area contributed by atoms with Gasteiger partial charge in [0.05, 0.1) is 5.75 Å². The van der Waals surface area contributed by atoms with E-state index in [9.17, 15) is 18.5 Å². The molecule has 3 aromatic rings. The van der Waals surface area contributed by atoms with Gasteiger partial charge in [-0.25, -0.2) is 8.42 Å². The van der Waals surface area contributed by atoms with Crippen LogP contribution in [0.1, 0.15) is 25.0 Å². The lowest BCUT2D eigenvalue weighted by Gasteiger charge is -2.09. The van der Waals surface area contributed by atoms with E-state index in [4.69, 9.17) is 9.47 Å². The number of ether oxygens (including phenoxy) is 2. The molecule has 1 amide bonds. The van der Waals surface area contributed by atoms with Gasteiger partial charge in [-0.2, -0.15) is 14.6 Å². The summed E-state index contributed by atoms with van der Waals surface area (Å²) in [6, 6.07) is 16.5. The molecule has 0 fully saturated rings. The number of rotatable bonds is 11. The van der Waals surface area contributed by atoms with Gasteiger partial charge in [0.1, 0.15) is 36.4 Å². The Balaban J connectivity index is 1.55. The summed E-state index contributed by atoms with van der Waals surface area (Å²) in [7, 11) is -3.64. The third kappa shape index (κ3) is 7.90. The average Bonchev–Trinajstić information content (AvgIpc) is 3.30. The molecule has 0 radical (unpaired) electrons. The quantitative estimate of drug-likeness (QED) is 0.222. The van der Waals surface area contributed by atoms with Crippen molar-refractivity contribution in [1.82, 2.24) is 9.36 Å². The Bertz CT molecular complexity index is 1370. The molecule has 36 heavy (non-hydrogen) atoms. The molecule has 3 rings (SSSR count). The van der Waals surface area contributed by atoms with Crippen molar-refractivity contribution in [3.05, 3.63) is 65.2 Å². The first-order valence-electron chi connectivity index (χ1n) is 11.1. The van der Waals surface area contributed by atoms with Crippen molar-refractivity contribution in [2.24, 2.45) is 5.92 Å². The first kappa shape index (κ1) is 26.8. The summed E-state index contributed by atoms with van der Waals surface area (Å²) >= 11 is 0.741. The first-order valence-corrected chi connectivity index (χ1v) is 13.5. The lowest BCUT2D eigenvalue weighted by molar-refractivity contribution is -0.112. The number of nitrogens with one attached hydrogen (secondary N) is 1. The van der Waals surface area contributed by atoms with E-state index in [1.54, 1.807) is 38.1 Å². The molecule has 188 valence electrons. The molecular formula is C25H26N4O5S2. The lowest BCUT2D eigenvalue weighted by atomic mass is 10.1. The van der Waals surface area contributed by atoms with E-state index in [0.717, 1.165) is 22.8 Å². The molecule has 2 aromatic carbocycles. The van der Waals surface area contributed by atoms with Gasteiger partial charge in [-0.1, -0.05) is 38.1 Å². The predicted octanol–water partition coefficient (Wildman–Crippen LogP) is 4.28. The zero-order valence-corrected chi connectivity index (χ0v) is 21.7. The number of aromatic nitrogens is 2. The predicted molar refractivity (Wildman–Crippen MR) is 138 cm³/mol. The molecule has 1 aromatic heterocycles. The van der Waals surface area contributed by atoms with Gasteiger partial charge in [0, 0.05) is 11.5 Å². The van der Waals surface area contributed by atoms with E-state index in [1.807, 2.05) is 37.3 Å². The Kier molecular flexibility index (Phi) is 9.16. The molecule has 0 aliphatic rings. The average molecular weight is 527 g/mol. The number of hydrogen-bond acceptors (Lipinski definition) is 9. The molecular weight excluding hydrogens is 500 g/mol. The van der Waals surface area contributed by atoms with Crippen LogP contribution in [0.15, 0.2) is 59.3 Å². The summed E-state index contributed by atoms with van der Waals surface area (Å²) < 4.78 is 39.7. The molecule has 1 heterocycles. The SMILES string of the molecule is Cc1cccc(OCCOc2ccc(C=C(C#N)C(=O)Nc3nc(S(=O)(=O)CC(C)C)ns3)cc2)c1. The summed E-state index contributed by atoms with van der Waals surface area (Å²) in [6.07, 6.45) is 1.41. The summed E-state index contributed by atoms with van der Waals surface area (Å²) in [4.78, 5) is 16.4. The smallest absolute Gasteiger partial charge is 0.268 e. The second-order valence-corrected chi connectivity index (χ2v) is 10.9. The third-order valence-corrected chi connectivity index (χ3v) is 7.22. The van der Waals surface area contributed by atoms with Crippen molar-refractivity contribution in [1.29, 1.82) is 5.26 Å². The van der Waals surface area contributed by atoms with Crippen LogP contribution in [0, 0.1) is 24.2 Å². The highest BCUT2D eigenvalue weighted by molar-refractivity contribution is 7.91. The summed E-state index contributed by atoms with van der Waals surface area (Å²) in [5.41, 5.74) is 1.56. The van der Waals surface area contributed by atoms with Gasteiger partial charge >= 0.3 is 0 Å². The Morgan fingerprint density at radius 2 is 1.83 bits per heavy atom. The number of nitriles is 1. The van der Waals surface area contributed by atoms with Crippen molar-refractivity contribution < 1.29 is 22.7 Å². The number of sulfone groups is 1. The van der Waals surface area contributed by atoms with Crippen molar-refractivity contribution in [3.8, 4) is 17.6 Å². The van der Waals surface area contributed by atoms with Gasteiger partial charge in [0.15, 0.2) is 0 Å². The van der Waals surface area contributed by atoms with Crippen LogP contribution in [0.25, 0.3) is 6.08 Å². The van der Waals surface area contributed by atoms with Gasteiger partial charge in [0.25, 0.3) is 11.1 Å². The molecule has 0 spiro atoms. The highest BCUT2D eigenvalue weighted by Crippen LogP contribution is 2.19. The molecule has 1 N–H and O–H groups in total. The van der Waals surface area contributed by atoms with Crippen molar-refractivity contribution >= 4 is 38.5 Å². The molecule has 11 heteroatoms. The van der Waals surface area contributed by atoms with E-state index in [2.05, 4.69) is 14.7 Å². The number of amides is 1. The maximum Gasteiger partial charge on any atom is 0.268 e. The maximum atomic E-state index is 12.5. The van der Waals surface area contributed by atoms with Gasteiger partial charge in [-0.15, -0.1) is 0 Å². The van der Waals surface area contributed by atoms with Crippen LogP contribution in [-0.4, -0.2) is 42.6 Å². The number of carbonyl (C=O) groups excluding carboxylic acids is 1. The standard InChI is InChI=1S/C25H26N4O5S2/c1-17(2)16-36(31,32)25-28-24(35-29-25)27-23(30)20(15-26)14-19-7-9-21(10-8-19)33-11-12-34-22-6-4-5-18(3)13-22/h4-10,13-14,17H,11-12,16H2,1-3H3,(H,27,28,29,30). The number of nitrogens with zero attached hydrogens (tertiary/aromatic N) is 3. The lowest BCUT2D eigenvalue weighted by Crippen LogP contribution is -2.15. The first-order chi connectivity index (χ1) is 17.2. The zero-order valence-electron chi connectivity index (χ0n) is 20.1. The number of anilines is 1. The normalized spacial score (nSPS) is 11.7. The van der Waals surface area contributed by atoms with Crippen LogP contribution < -0.4 is 14.8 Å². The van der Waals surface area contributed by atoms with Gasteiger partial charge in [0.2, 0.25) is 15.0 Å². The fourth-order valence-corrected chi connectivity index (χ4v) is 5.42. The molecule has 0 saturated carbocycles. The number of benzene rings is 2. The highest BCUT2D eigenvalue weighted by Gasteiger charge is 2.23. The summed E-state index contributed by atoms with van der Waals surface area (Å²) in [5, 5.41) is 11.5. The Hall–Kier alpha value is -3.75. The molecule has 0 aliphatic carbocycles. The second-order valence-electron chi connectivity index (χ2n) is 8.26. The largest absolute Gasteiger partial charge is 0.490 e. The Morgan fingerprint density at radius 1 is 1.14 bits per heavy atom. The minimum atomic E-state index is -3.64. The van der Waals surface area contributed by atoms with E-state index in [-0.39, 0.29) is 27.5 Å². The topological polar surface area (TPSA) is 131 Å². The zero-order chi connectivity index (χ0) is 26.1. The number of hydrogen-bond donors (Lipinski definition) is 1. The van der Waals surface area contributed by atoms with Gasteiger partial charge in [-0.05, 0) is 54.3 Å². The second kappa shape index (κ2) is 12.3.